The molecule has 0 radical (unpaired) electrons. The predicted octanol–water partition coefficient (Wildman–Crippen LogP) is 0.00740. The molecule has 1 saturated carbocycles. The molecule has 0 bridgehead atoms. The van der Waals surface area contributed by atoms with Crippen LogP contribution in [0.2, 0.25) is 0 Å². The summed E-state index contributed by atoms with van der Waals surface area (Å²) in [4.78, 5) is 34.5. The maximum absolute atomic E-state index is 11.5. The Balaban J connectivity index is 2.59. The molecule has 0 aromatic heterocycles. The minimum atomic E-state index is -1.34. The van der Waals surface area contributed by atoms with Gasteiger partial charge in [-0.1, -0.05) is 0 Å². The van der Waals surface area contributed by atoms with E-state index < -0.39 is 18.0 Å². The zero-order valence-corrected chi connectivity index (χ0v) is 10.0. The van der Waals surface area contributed by atoms with Crippen molar-refractivity contribution in [3.63, 3.8) is 0 Å². The Morgan fingerprint density at radius 3 is 1.94 bits per heavy atom. The van der Waals surface area contributed by atoms with Gasteiger partial charge in [0.2, 0.25) is 11.9 Å². The van der Waals surface area contributed by atoms with Gasteiger partial charge in [0.1, 0.15) is 0 Å². The van der Waals surface area contributed by atoms with Crippen molar-refractivity contribution in [2.45, 2.75) is 32.7 Å². The molecule has 1 N–H and O–H groups in total. The van der Waals surface area contributed by atoms with Crippen molar-refractivity contribution in [1.82, 2.24) is 5.32 Å². The third-order valence-corrected chi connectivity index (χ3v) is 2.28. The number of hydrogen-bond acceptors (Lipinski definition) is 5. The molecule has 1 aliphatic rings. The Labute approximate surface area is 99.6 Å². The van der Waals surface area contributed by atoms with E-state index in [1.165, 1.54) is 0 Å². The van der Waals surface area contributed by atoms with Gasteiger partial charge >= 0.3 is 11.9 Å². The van der Waals surface area contributed by atoms with E-state index in [4.69, 9.17) is 9.47 Å². The molecule has 0 aromatic carbocycles. The van der Waals surface area contributed by atoms with E-state index in [9.17, 15) is 14.4 Å². The molecule has 0 spiro atoms. The van der Waals surface area contributed by atoms with Crippen molar-refractivity contribution in [3.05, 3.63) is 0 Å². The summed E-state index contributed by atoms with van der Waals surface area (Å²) in [5, 5.41) is 2.36. The summed E-state index contributed by atoms with van der Waals surface area (Å²) in [6.45, 7) is 3.55. The molecule has 1 aliphatic carbocycles. The van der Waals surface area contributed by atoms with Crippen LogP contribution in [0, 0.1) is 5.92 Å². The van der Waals surface area contributed by atoms with Gasteiger partial charge in [-0.2, -0.15) is 0 Å². The lowest BCUT2D eigenvalue weighted by Crippen LogP contribution is -2.48. The van der Waals surface area contributed by atoms with Gasteiger partial charge < -0.3 is 14.8 Å². The van der Waals surface area contributed by atoms with Gasteiger partial charge in [0.15, 0.2) is 0 Å². The average molecular weight is 243 g/mol. The zero-order valence-electron chi connectivity index (χ0n) is 10.0. The van der Waals surface area contributed by atoms with E-state index in [0.29, 0.717) is 0 Å². The molecule has 6 nitrogen and oxygen atoms in total. The second kappa shape index (κ2) is 6.22. The summed E-state index contributed by atoms with van der Waals surface area (Å²) >= 11 is 0. The molecule has 1 fully saturated rings. The molecule has 6 heteroatoms. The maximum atomic E-state index is 11.5. The first-order valence-corrected chi connectivity index (χ1v) is 5.73. The highest BCUT2D eigenvalue weighted by molar-refractivity contribution is 6.02. The van der Waals surface area contributed by atoms with Crippen molar-refractivity contribution in [3.8, 4) is 0 Å². The standard InChI is InChI=1S/C11H17NO5/c1-3-16-10(14)8(11(15)17-4-2)12-9(13)7-5-6-7/h7-8H,3-6H2,1-2H3,(H,12,13). The smallest absolute Gasteiger partial charge is 0.340 e. The fraction of sp³-hybridized carbons (Fsp3) is 0.727. The number of ether oxygens (including phenoxy) is 2. The molecular weight excluding hydrogens is 226 g/mol. The number of carbonyl (C=O) groups excluding carboxylic acids is 3. The van der Waals surface area contributed by atoms with Crippen LogP contribution >= 0.6 is 0 Å². The van der Waals surface area contributed by atoms with E-state index in [2.05, 4.69) is 5.32 Å². The number of hydrogen-bond donors (Lipinski definition) is 1. The van der Waals surface area contributed by atoms with Gasteiger partial charge in [0.25, 0.3) is 0 Å². The van der Waals surface area contributed by atoms with Crippen LogP contribution in [0.15, 0.2) is 0 Å². The minimum absolute atomic E-state index is 0.0821. The SMILES string of the molecule is CCOC(=O)C(NC(=O)C1CC1)C(=O)OCC. The van der Waals surface area contributed by atoms with E-state index >= 15 is 0 Å². The number of nitrogens with one attached hydrogen (secondary N) is 1. The lowest BCUT2D eigenvalue weighted by molar-refractivity contribution is -0.159. The third kappa shape index (κ3) is 4.05. The van der Waals surface area contributed by atoms with E-state index in [-0.39, 0.29) is 25.0 Å². The molecular formula is C11H17NO5. The van der Waals surface area contributed by atoms with Gasteiger partial charge in [-0.05, 0) is 26.7 Å². The highest BCUT2D eigenvalue weighted by Gasteiger charge is 2.36. The largest absolute Gasteiger partial charge is 0.464 e. The average Bonchev–Trinajstić information content (AvgIpc) is 3.09. The Bertz CT molecular complexity index is 293. The topological polar surface area (TPSA) is 81.7 Å². The van der Waals surface area contributed by atoms with Gasteiger partial charge in [0.05, 0.1) is 13.2 Å². The summed E-state index contributed by atoms with van der Waals surface area (Å²) < 4.78 is 9.44. The van der Waals surface area contributed by atoms with Crippen LogP contribution in [-0.2, 0) is 23.9 Å². The molecule has 1 rings (SSSR count). The monoisotopic (exact) mass is 243 g/mol. The number of esters is 2. The number of amides is 1. The fourth-order valence-corrected chi connectivity index (χ4v) is 1.27. The summed E-state index contributed by atoms with van der Waals surface area (Å²) in [5.41, 5.74) is 0. The van der Waals surface area contributed by atoms with Crippen LogP contribution in [0.25, 0.3) is 0 Å². The lowest BCUT2D eigenvalue weighted by Gasteiger charge is -2.15. The van der Waals surface area contributed by atoms with Crippen molar-refractivity contribution in [1.29, 1.82) is 0 Å². The molecule has 0 heterocycles. The third-order valence-electron chi connectivity index (χ3n) is 2.28. The van der Waals surface area contributed by atoms with Crippen molar-refractivity contribution >= 4 is 17.8 Å². The summed E-state index contributed by atoms with van der Waals surface area (Å²) in [6.07, 6.45) is 1.59. The Morgan fingerprint density at radius 2 is 1.59 bits per heavy atom. The Hall–Kier alpha value is -1.59. The molecule has 0 unspecified atom stereocenters. The highest BCUT2D eigenvalue weighted by atomic mass is 16.6. The van der Waals surface area contributed by atoms with Gasteiger partial charge in [-0.25, -0.2) is 9.59 Å². The summed E-state index contributed by atoms with van der Waals surface area (Å²) in [5.74, 6) is -1.93. The Kier molecular flexibility index (Phi) is 4.93. The first kappa shape index (κ1) is 13.5. The predicted molar refractivity (Wildman–Crippen MR) is 57.9 cm³/mol. The molecule has 17 heavy (non-hydrogen) atoms. The van der Waals surface area contributed by atoms with Crippen LogP contribution < -0.4 is 5.32 Å². The van der Waals surface area contributed by atoms with Gasteiger partial charge in [0, 0.05) is 5.92 Å². The zero-order chi connectivity index (χ0) is 12.8. The van der Waals surface area contributed by atoms with Crippen molar-refractivity contribution in [2.24, 2.45) is 5.92 Å². The van der Waals surface area contributed by atoms with E-state index in [1.54, 1.807) is 13.8 Å². The molecule has 96 valence electrons. The van der Waals surface area contributed by atoms with Gasteiger partial charge in [-0.15, -0.1) is 0 Å². The molecule has 0 aromatic rings. The summed E-state index contributed by atoms with van der Waals surface area (Å²) in [6, 6.07) is -1.34. The minimum Gasteiger partial charge on any atom is -0.464 e. The Morgan fingerprint density at radius 1 is 1.12 bits per heavy atom. The molecule has 0 aliphatic heterocycles. The first-order valence-electron chi connectivity index (χ1n) is 5.73. The quantitative estimate of drug-likeness (QED) is 0.525. The maximum Gasteiger partial charge on any atom is 0.340 e. The van der Waals surface area contributed by atoms with Gasteiger partial charge in [-0.3, -0.25) is 4.79 Å². The van der Waals surface area contributed by atoms with E-state index in [1.807, 2.05) is 0 Å². The normalized spacial score (nSPS) is 14.3. The summed E-state index contributed by atoms with van der Waals surface area (Å²) in [7, 11) is 0. The van der Waals surface area contributed by atoms with Crippen LogP contribution in [0.3, 0.4) is 0 Å². The van der Waals surface area contributed by atoms with Crippen molar-refractivity contribution in [2.75, 3.05) is 13.2 Å². The lowest BCUT2D eigenvalue weighted by atomic mass is 10.2. The number of rotatable bonds is 6. The van der Waals surface area contributed by atoms with Crippen LogP contribution in [-0.4, -0.2) is 37.1 Å². The molecule has 1 amide bonds. The molecule has 0 atom stereocenters. The van der Waals surface area contributed by atoms with E-state index in [0.717, 1.165) is 12.8 Å². The second-order valence-corrected chi connectivity index (χ2v) is 3.72. The fourth-order valence-electron chi connectivity index (χ4n) is 1.27. The number of carbonyl (C=O) groups is 3. The highest BCUT2D eigenvalue weighted by Crippen LogP contribution is 2.28. The van der Waals surface area contributed by atoms with Crippen LogP contribution in [0.5, 0.6) is 0 Å². The molecule has 0 saturated heterocycles. The van der Waals surface area contributed by atoms with Crippen LogP contribution in [0.1, 0.15) is 26.7 Å². The van der Waals surface area contributed by atoms with Crippen molar-refractivity contribution < 1.29 is 23.9 Å². The van der Waals surface area contributed by atoms with Crippen LogP contribution in [0.4, 0.5) is 0 Å². The second-order valence-electron chi connectivity index (χ2n) is 3.72. The first-order chi connectivity index (χ1) is 8.10.